The average molecular weight is 266 g/mol. The van der Waals surface area contributed by atoms with Gasteiger partial charge in [-0.3, -0.25) is 0 Å². The molecular formula is C14H22N2O3. The fraction of sp³-hybridized carbons (Fsp3) is 0.500. The summed E-state index contributed by atoms with van der Waals surface area (Å²) in [5.41, 5.74) is 1.09. The Hall–Kier alpha value is -1.59. The molecule has 0 fully saturated rings. The third kappa shape index (κ3) is 7.43. The average Bonchev–Trinajstić information content (AvgIpc) is 2.36. The van der Waals surface area contributed by atoms with Gasteiger partial charge in [-0.15, -0.1) is 0 Å². The Morgan fingerprint density at radius 1 is 1.42 bits per heavy atom. The lowest BCUT2D eigenvalue weighted by atomic mass is 10.2. The Morgan fingerprint density at radius 2 is 2.21 bits per heavy atom. The van der Waals surface area contributed by atoms with Crippen LogP contribution in [-0.4, -0.2) is 49.8 Å². The number of carbonyl (C=O) groups is 1. The van der Waals surface area contributed by atoms with E-state index in [-0.39, 0.29) is 6.61 Å². The van der Waals surface area contributed by atoms with Crippen LogP contribution in [0.3, 0.4) is 0 Å². The fourth-order valence-electron chi connectivity index (χ4n) is 1.64. The molecule has 0 spiro atoms. The SMILES string of the molecule is CN(C)CCCNCc1cccc(OCC(=O)O)c1. The van der Waals surface area contributed by atoms with Crippen LogP contribution in [0.4, 0.5) is 0 Å². The number of carboxylic acid groups (broad SMARTS) is 1. The highest BCUT2D eigenvalue weighted by molar-refractivity contribution is 5.68. The molecule has 5 heteroatoms. The molecule has 0 saturated carbocycles. The molecule has 0 heterocycles. The highest BCUT2D eigenvalue weighted by Gasteiger charge is 2.00. The monoisotopic (exact) mass is 266 g/mol. The third-order valence-electron chi connectivity index (χ3n) is 2.55. The minimum Gasteiger partial charge on any atom is -0.482 e. The molecule has 5 nitrogen and oxygen atoms in total. The lowest BCUT2D eigenvalue weighted by Crippen LogP contribution is -2.21. The smallest absolute Gasteiger partial charge is 0.341 e. The molecule has 19 heavy (non-hydrogen) atoms. The maximum absolute atomic E-state index is 10.4. The first-order valence-electron chi connectivity index (χ1n) is 6.37. The number of benzene rings is 1. The van der Waals surface area contributed by atoms with Gasteiger partial charge in [-0.05, 0) is 51.3 Å². The molecule has 1 aromatic carbocycles. The zero-order chi connectivity index (χ0) is 14.1. The second-order valence-electron chi connectivity index (χ2n) is 4.66. The molecule has 0 atom stereocenters. The van der Waals surface area contributed by atoms with E-state index in [9.17, 15) is 4.79 Å². The van der Waals surface area contributed by atoms with Crippen molar-refractivity contribution in [3.05, 3.63) is 29.8 Å². The van der Waals surface area contributed by atoms with Crippen molar-refractivity contribution in [2.75, 3.05) is 33.8 Å². The Morgan fingerprint density at radius 3 is 2.89 bits per heavy atom. The Bertz CT molecular complexity index is 394. The number of rotatable bonds is 9. The van der Waals surface area contributed by atoms with Crippen molar-refractivity contribution in [2.24, 2.45) is 0 Å². The van der Waals surface area contributed by atoms with E-state index in [0.29, 0.717) is 5.75 Å². The topological polar surface area (TPSA) is 61.8 Å². The number of carboxylic acids is 1. The number of aliphatic carboxylic acids is 1. The van der Waals surface area contributed by atoms with Crippen molar-refractivity contribution in [1.29, 1.82) is 0 Å². The van der Waals surface area contributed by atoms with E-state index in [4.69, 9.17) is 9.84 Å². The van der Waals surface area contributed by atoms with Gasteiger partial charge in [-0.25, -0.2) is 4.79 Å². The minimum absolute atomic E-state index is 0.306. The highest BCUT2D eigenvalue weighted by Crippen LogP contribution is 2.13. The summed E-state index contributed by atoms with van der Waals surface area (Å²) < 4.78 is 5.13. The second kappa shape index (κ2) is 8.50. The van der Waals surface area contributed by atoms with E-state index >= 15 is 0 Å². The van der Waals surface area contributed by atoms with Crippen LogP contribution in [-0.2, 0) is 11.3 Å². The van der Waals surface area contributed by atoms with Crippen LogP contribution in [0.1, 0.15) is 12.0 Å². The summed E-state index contributed by atoms with van der Waals surface area (Å²) in [6.45, 7) is 2.48. The van der Waals surface area contributed by atoms with Crippen LogP contribution in [0, 0.1) is 0 Å². The zero-order valence-corrected chi connectivity index (χ0v) is 11.6. The van der Waals surface area contributed by atoms with Gasteiger partial charge >= 0.3 is 5.97 Å². The summed E-state index contributed by atoms with van der Waals surface area (Å²) in [6, 6.07) is 7.49. The molecule has 0 bridgehead atoms. The van der Waals surface area contributed by atoms with Gasteiger partial charge in [-0.1, -0.05) is 12.1 Å². The van der Waals surface area contributed by atoms with Crippen molar-refractivity contribution < 1.29 is 14.6 Å². The van der Waals surface area contributed by atoms with Crippen molar-refractivity contribution in [3.8, 4) is 5.75 Å². The summed E-state index contributed by atoms with van der Waals surface area (Å²) in [7, 11) is 4.12. The largest absolute Gasteiger partial charge is 0.482 e. The number of ether oxygens (including phenoxy) is 1. The number of hydrogen-bond donors (Lipinski definition) is 2. The Balaban J connectivity index is 2.29. The summed E-state index contributed by atoms with van der Waals surface area (Å²) in [4.78, 5) is 12.6. The van der Waals surface area contributed by atoms with E-state index in [2.05, 4.69) is 24.3 Å². The first-order chi connectivity index (χ1) is 9.08. The van der Waals surface area contributed by atoms with Crippen LogP contribution in [0.25, 0.3) is 0 Å². The predicted octanol–water partition coefficient (Wildman–Crippen LogP) is 1.19. The molecule has 0 radical (unpaired) electrons. The predicted molar refractivity (Wildman–Crippen MR) is 74.5 cm³/mol. The molecular weight excluding hydrogens is 244 g/mol. The number of nitrogens with one attached hydrogen (secondary N) is 1. The van der Waals surface area contributed by atoms with Gasteiger partial charge in [0.15, 0.2) is 6.61 Å². The maximum Gasteiger partial charge on any atom is 0.341 e. The van der Waals surface area contributed by atoms with Gasteiger partial charge in [-0.2, -0.15) is 0 Å². The van der Waals surface area contributed by atoms with Crippen LogP contribution in [0.15, 0.2) is 24.3 Å². The van der Waals surface area contributed by atoms with Crippen LogP contribution in [0.2, 0.25) is 0 Å². The first-order valence-corrected chi connectivity index (χ1v) is 6.37. The second-order valence-corrected chi connectivity index (χ2v) is 4.66. The molecule has 0 aliphatic rings. The third-order valence-corrected chi connectivity index (χ3v) is 2.55. The molecule has 0 aliphatic heterocycles. The quantitative estimate of drug-likeness (QED) is 0.657. The normalized spacial score (nSPS) is 10.7. The van der Waals surface area contributed by atoms with Gasteiger partial charge in [0.1, 0.15) is 5.75 Å². The van der Waals surface area contributed by atoms with Gasteiger partial charge in [0.25, 0.3) is 0 Å². The molecule has 0 aromatic heterocycles. The molecule has 0 saturated heterocycles. The fourth-order valence-corrected chi connectivity index (χ4v) is 1.64. The van der Waals surface area contributed by atoms with Crippen molar-refractivity contribution >= 4 is 5.97 Å². The van der Waals surface area contributed by atoms with Crippen molar-refractivity contribution in [3.63, 3.8) is 0 Å². The lowest BCUT2D eigenvalue weighted by Gasteiger charge is -2.10. The number of hydrogen-bond acceptors (Lipinski definition) is 4. The lowest BCUT2D eigenvalue weighted by molar-refractivity contribution is -0.139. The van der Waals surface area contributed by atoms with Gasteiger partial charge < -0.3 is 20.1 Å². The molecule has 0 unspecified atom stereocenters. The van der Waals surface area contributed by atoms with Crippen molar-refractivity contribution in [1.82, 2.24) is 10.2 Å². The van der Waals surface area contributed by atoms with Gasteiger partial charge in [0.2, 0.25) is 0 Å². The summed E-state index contributed by atoms with van der Waals surface area (Å²) in [5.74, 6) is -0.373. The summed E-state index contributed by atoms with van der Waals surface area (Å²) in [6.07, 6.45) is 1.10. The standard InChI is InChI=1S/C14H22N2O3/c1-16(2)8-4-7-15-10-12-5-3-6-13(9-12)19-11-14(17)18/h3,5-6,9,15H,4,7-8,10-11H2,1-2H3,(H,17,18). The molecule has 0 amide bonds. The Kier molecular flexibility index (Phi) is 6.92. The Labute approximate surface area is 114 Å². The van der Waals surface area contributed by atoms with Crippen LogP contribution in [0.5, 0.6) is 5.75 Å². The van der Waals surface area contributed by atoms with Gasteiger partial charge in [0, 0.05) is 6.54 Å². The van der Waals surface area contributed by atoms with Crippen LogP contribution >= 0.6 is 0 Å². The molecule has 106 valence electrons. The first kappa shape index (κ1) is 15.5. The van der Waals surface area contributed by atoms with E-state index in [1.807, 2.05) is 18.2 Å². The molecule has 1 aromatic rings. The van der Waals surface area contributed by atoms with E-state index < -0.39 is 5.97 Å². The van der Waals surface area contributed by atoms with Gasteiger partial charge in [0.05, 0.1) is 0 Å². The molecule has 0 aliphatic carbocycles. The summed E-state index contributed by atoms with van der Waals surface area (Å²) in [5, 5.41) is 11.9. The van der Waals surface area contributed by atoms with E-state index in [1.54, 1.807) is 6.07 Å². The zero-order valence-electron chi connectivity index (χ0n) is 11.6. The van der Waals surface area contributed by atoms with E-state index in [1.165, 1.54) is 0 Å². The van der Waals surface area contributed by atoms with Crippen LogP contribution < -0.4 is 10.1 Å². The molecule has 1 rings (SSSR count). The summed E-state index contributed by atoms with van der Waals surface area (Å²) >= 11 is 0. The maximum atomic E-state index is 10.4. The van der Waals surface area contributed by atoms with E-state index in [0.717, 1.165) is 31.6 Å². The number of nitrogens with zero attached hydrogens (tertiary/aromatic N) is 1. The highest BCUT2D eigenvalue weighted by atomic mass is 16.5. The minimum atomic E-state index is -0.966. The van der Waals surface area contributed by atoms with Crippen molar-refractivity contribution in [2.45, 2.75) is 13.0 Å². The molecule has 2 N–H and O–H groups in total.